The molecule has 3 heterocycles. The zero-order chi connectivity index (χ0) is 19.0. The van der Waals surface area contributed by atoms with Crippen molar-refractivity contribution >= 4 is 17.7 Å². The second-order valence-corrected chi connectivity index (χ2v) is 7.82. The Morgan fingerprint density at radius 3 is 2.15 bits per heavy atom. The number of benzene rings is 1. The Labute approximate surface area is 159 Å². The van der Waals surface area contributed by atoms with Gasteiger partial charge in [-0.05, 0) is 49.8 Å². The molecule has 3 amide bonds. The van der Waals surface area contributed by atoms with Crippen molar-refractivity contribution < 1.29 is 19.1 Å². The summed E-state index contributed by atoms with van der Waals surface area (Å²) in [4.78, 5) is 40.5. The number of hydrogen-bond donors (Lipinski definition) is 0. The number of amides is 3. The Morgan fingerprint density at radius 2 is 1.59 bits per heavy atom. The van der Waals surface area contributed by atoms with Gasteiger partial charge in [-0.25, -0.2) is 0 Å². The molecule has 4 rings (SSSR count). The molecule has 2 bridgehead atoms. The number of methoxy groups -OCH3 is 1. The van der Waals surface area contributed by atoms with Crippen molar-refractivity contribution in [2.75, 3.05) is 7.11 Å². The molecule has 0 aliphatic carbocycles. The molecule has 3 saturated heterocycles. The minimum absolute atomic E-state index is 0.0179. The van der Waals surface area contributed by atoms with Gasteiger partial charge in [-0.3, -0.25) is 19.3 Å². The van der Waals surface area contributed by atoms with Crippen molar-refractivity contribution in [2.45, 2.75) is 69.5 Å². The average molecular weight is 370 g/mol. The van der Waals surface area contributed by atoms with E-state index in [0.29, 0.717) is 25.7 Å². The molecule has 0 spiro atoms. The number of piperidine rings is 1. The summed E-state index contributed by atoms with van der Waals surface area (Å²) in [6, 6.07) is 8.14. The minimum atomic E-state index is -0.0383. The van der Waals surface area contributed by atoms with E-state index in [9.17, 15) is 14.4 Å². The number of nitrogens with zero attached hydrogens (tertiary/aromatic N) is 2. The molecular formula is C21H26N2O4. The van der Waals surface area contributed by atoms with Gasteiger partial charge < -0.3 is 9.64 Å². The highest BCUT2D eigenvalue weighted by molar-refractivity contribution is 6.02. The fraction of sp³-hybridized carbons (Fsp3) is 0.571. The van der Waals surface area contributed by atoms with E-state index in [1.807, 2.05) is 29.2 Å². The van der Waals surface area contributed by atoms with E-state index in [4.69, 9.17) is 4.74 Å². The van der Waals surface area contributed by atoms with Gasteiger partial charge in [0.05, 0.1) is 7.11 Å². The third-order valence-electron chi connectivity index (χ3n) is 6.24. The molecule has 0 N–H and O–H groups in total. The third-order valence-corrected chi connectivity index (χ3v) is 6.24. The van der Waals surface area contributed by atoms with Crippen LogP contribution in [0.5, 0.6) is 5.75 Å². The zero-order valence-electron chi connectivity index (χ0n) is 15.7. The van der Waals surface area contributed by atoms with Crippen molar-refractivity contribution in [3.8, 4) is 5.75 Å². The van der Waals surface area contributed by atoms with Crippen LogP contribution in [0.2, 0.25) is 0 Å². The summed E-state index contributed by atoms with van der Waals surface area (Å²) in [6.07, 6.45) is 5.32. The first kappa shape index (κ1) is 18.0. The van der Waals surface area contributed by atoms with Crippen LogP contribution in [0.25, 0.3) is 0 Å². The van der Waals surface area contributed by atoms with Crippen LogP contribution in [0.15, 0.2) is 24.3 Å². The standard InChI is InChI=1S/C21H26N2O4/c1-27-18-7-2-14(3-8-18)4-9-19(24)22-15-5-6-16(22)13-17(12-15)23-20(25)10-11-21(23)26/h2-3,7-8,15-17H,4-6,9-13H2,1H3. The van der Waals surface area contributed by atoms with E-state index in [2.05, 4.69) is 0 Å². The van der Waals surface area contributed by atoms with Crippen LogP contribution in [0, 0.1) is 0 Å². The van der Waals surface area contributed by atoms with Crippen LogP contribution in [0.3, 0.4) is 0 Å². The van der Waals surface area contributed by atoms with Crippen molar-refractivity contribution in [1.82, 2.24) is 9.80 Å². The smallest absolute Gasteiger partial charge is 0.229 e. The molecule has 2 atom stereocenters. The highest BCUT2D eigenvalue weighted by atomic mass is 16.5. The first-order valence-corrected chi connectivity index (χ1v) is 9.86. The average Bonchev–Trinajstić information content (AvgIpc) is 3.15. The van der Waals surface area contributed by atoms with Crippen LogP contribution in [-0.4, -0.2) is 52.8 Å². The third kappa shape index (κ3) is 3.45. The molecule has 0 aromatic heterocycles. The quantitative estimate of drug-likeness (QED) is 0.746. The predicted octanol–water partition coefficient (Wildman–Crippen LogP) is 2.30. The number of aryl methyl sites for hydroxylation is 1. The fourth-order valence-electron chi connectivity index (χ4n) is 4.94. The number of carbonyl (C=O) groups is 3. The number of likely N-dealkylation sites (tertiary alicyclic amines) is 1. The monoisotopic (exact) mass is 370 g/mol. The molecule has 1 aromatic rings. The number of carbonyl (C=O) groups excluding carboxylic acids is 3. The fourth-order valence-corrected chi connectivity index (χ4v) is 4.94. The summed E-state index contributed by atoms with van der Waals surface area (Å²) in [5.74, 6) is 0.930. The molecule has 2 unspecified atom stereocenters. The van der Waals surface area contributed by atoms with Crippen LogP contribution in [0.1, 0.15) is 50.5 Å². The Morgan fingerprint density at radius 1 is 1.00 bits per heavy atom. The van der Waals surface area contributed by atoms with E-state index < -0.39 is 0 Å². The van der Waals surface area contributed by atoms with Crippen LogP contribution in [0.4, 0.5) is 0 Å². The molecule has 6 heteroatoms. The van der Waals surface area contributed by atoms with Crippen LogP contribution < -0.4 is 4.74 Å². The van der Waals surface area contributed by atoms with Crippen molar-refractivity contribution in [3.63, 3.8) is 0 Å². The van der Waals surface area contributed by atoms with Gasteiger partial charge in [0.1, 0.15) is 5.75 Å². The molecule has 3 fully saturated rings. The molecule has 0 radical (unpaired) electrons. The lowest BCUT2D eigenvalue weighted by Crippen LogP contribution is -2.53. The van der Waals surface area contributed by atoms with E-state index >= 15 is 0 Å². The van der Waals surface area contributed by atoms with Gasteiger partial charge in [0.15, 0.2) is 0 Å². The van der Waals surface area contributed by atoms with E-state index in [1.165, 1.54) is 4.90 Å². The molecular weight excluding hydrogens is 344 g/mol. The minimum Gasteiger partial charge on any atom is -0.497 e. The largest absolute Gasteiger partial charge is 0.497 e. The molecule has 3 aliphatic rings. The highest BCUT2D eigenvalue weighted by Gasteiger charge is 2.47. The first-order chi connectivity index (χ1) is 13.1. The second-order valence-electron chi connectivity index (χ2n) is 7.82. The van der Waals surface area contributed by atoms with Crippen LogP contribution >= 0.6 is 0 Å². The lowest BCUT2D eigenvalue weighted by molar-refractivity contribution is -0.144. The Bertz CT molecular complexity index is 715. The van der Waals surface area contributed by atoms with Gasteiger partial charge in [-0.1, -0.05) is 12.1 Å². The van der Waals surface area contributed by atoms with Gasteiger partial charge in [-0.2, -0.15) is 0 Å². The summed E-state index contributed by atoms with van der Waals surface area (Å²) < 4.78 is 5.17. The molecule has 3 aliphatic heterocycles. The highest BCUT2D eigenvalue weighted by Crippen LogP contribution is 2.39. The summed E-state index contributed by atoms with van der Waals surface area (Å²) in [5.41, 5.74) is 1.12. The predicted molar refractivity (Wildman–Crippen MR) is 99.1 cm³/mol. The maximum atomic E-state index is 12.9. The molecule has 27 heavy (non-hydrogen) atoms. The molecule has 6 nitrogen and oxygen atoms in total. The summed E-state index contributed by atoms with van der Waals surface area (Å²) in [7, 11) is 1.64. The molecule has 0 saturated carbocycles. The number of imide groups is 1. The lowest BCUT2D eigenvalue weighted by Gasteiger charge is -2.41. The summed E-state index contributed by atoms with van der Waals surface area (Å²) in [6.45, 7) is 0. The second kappa shape index (κ2) is 7.33. The van der Waals surface area contributed by atoms with Gasteiger partial charge in [0, 0.05) is 37.4 Å². The first-order valence-electron chi connectivity index (χ1n) is 9.86. The van der Waals surface area contributed by atoms with Crippen LogP contribution in [-0.2, 0) is 20.8 Å². The van der Waals surface area contributed by atoms with Crippen molar-refractivity contribution in [2.24, 2.45) is 0 Å². The number of rotatable bonds is 5. The topological polar surface area (TPSA) is 66.9 Å². The van der Waals surface area contributed by atoms with E-state index in [1.54, 1.807) is 7.11 Å². The number of fused-ring (bicyclic) bond motifs is 2. The maximum absolute atomic E-state index is 12.9. The Kier molecular flexibility index (Phi) is 4.89. The molecule has 144 valence electrons. The van der Waals surface area contributed by atoms with Gasteiger partial charge in [0.25, 0.3) is 0 Å². The van der Waals surface area contributed by atoms with Crippen molar-refractivity contribution in [3.05, 3.63) is 29.8 Å². The van der Waals surface area contributed by atoms with Crippen molar-refractivity contribution in [1.29, 1.82) is 0 Å². The molecule has 1 aromatic carbocycles. The van der Waals surface area contributed by atoms with Gasteiger partial charge in [0.2, 0.25) is 17.7 Å². The van der Waals surface area contributed by atoms with E-state index in [-0.39, 0.29) is 35.8 Å². The van der Waals surface area contributed by atoms with Gasteiger partial charge >= 0.3 is 0 Å². The number of hydrogen-bond acceptors (Lipinski definition) is 4. The summed E-state index contributed by atoms with van der Waals surface area (Å²) in [5, 5.41) is 0. The zero-order valence-corrected chi connectivity index (χ0v) is 15.7. The normalized spacial score (nSPS) is 27.4. The number of ether oxygens (including phenoxy) is 1. The lowest BCUT2D eigenvalue weighted by atomic mass is 9.95. The summed E-state index contributed by atoms with van der Waals surface area (Å²) >= 11 is 0. The van der Waals surface area contributed by atoms with E-state index in [0.717, 1.165) is 37.0 Å². The van der Waals surface area contributed by atoms with Gasteiger partial charge in [-0.15, -0.1) is 0 Å². The SMILES string of the molecule is COc1ccc(CCC(=O)N2C3CCC2CC(N2C(=O)CCC2=O)C3)cc1. The maximum Gasteiger partial charge on any atom is 0.229 e. The Balaban J connectivity index is 1.36. The Hall–Kier alpha value is -2.37.